The fraction of sp³-hybridized carbons (Fsp3) is 0.273. The molecule has 7 nitrogen and oxygen atoms in total. The molecule has 1 heterocycles. The summed E-state index contributed by atoms with van der Waals surface area (Å²) in [6, 6.07) is 14.0. The maximum absolute atomic E-state index is 12.4. The van der Waals surface area contributed by atoms with Gasteiger partial charge in [-0.05, 0) is 42.7 Å². The minimum Gasteiger partial charge on any atom is -0.326 e. The molecule has 0 spiro atoms. The van der Waals surface area contributed by atoms with Crippen LogP contribution in [0.25, 0.3) is 0 Å². The van der Waals surface area contributed by atoms with Crippen LogP contribution in [0.3, 0.4) is 0 Å². The first-order valence-corrected chi connectivity index (χ1v) is 10.7. The maximum atomic E-state index is 12.4. The quantitative estimate of drug-likeness (QED) is 0.418. The van der Waals surface area contributed by atoms with Gasteiger partial charge in [0.05, 0.1) is 17.0 Å². The molecule has 1 N–H and O–H groups in total. The Morgan fingerprint density at radius 2 is 1.87 bits per heavy atom. The van der Waals surface area contributed by atoms with Crippen molar-refractivity contribution < 1.29 is 9.72 Å². The van der Waals surface area contributed by atoms with Gasteiger partial charge in [-0.25, -0.2) is 4.99 Å². The molecular formula is C22H24N4O3S. The van der Waals surface area contributed by atoms with E-state index in [1.54, 1.807) is 0 Å². The van der Waals surface area contributed by atoms with E-state index in [2.05, 4.69) is 29.4 Å². The highest BCUT2D eigenvalue weighted by Gasteiger charge is 2.10. The van der Waals surface area contributed by atoms with E-state index in [4.69, 9.17) is 0 Å². The normalized spacial score (nSPS) is 11.5. The number of carbonyl (C=O) groups is 1. The average molecular weight is 425 g/mol. The summed E-state index contributed by atoms with van der Waals surface area (Å²) < 4.78 is 1.91. The Hall–Kier alpha value is -3.26. The molecular weight excluding hydrogens is 400 g/mol. The second-order valence-electron chi connectivity index (χ2n) is 6.98. The molecule has 1 aromatic heterocycles. The number of aryl methyl sites for hydroxylation is 1. The number of nitro groups is 1. The number of aromatic nitrogens is 1. The summed E-state index contributed by atoms with van der Waals surface area (Å²) in [5, 5.41) is 15.4. The number of thiazole rings is 1. The van der Waals surface area contributed by atoms with Crippen LogP contribution in [-0.2, 0) is 24.7 Å². The number of anilines is 1. The summed E-state index contributed by atoms with van der Waals surface area (Å²) in [5.74, 6) is -0.191. The van der Waals surface area contributed by atoms with Crippen LogP contribution in [0.4, 0.5) is 17.1 Å². The van der Waals surface area contributed by atoms with Gasteiger partial charge < -0.3 is 9.88 Å². The minimum absolute atomic E-state index is 0.0121. The van der Waals surface area contributed by atoms with Crippen LogP contribution in [-0.4, -0.2) is 15.4 Å². The molecule has 0 radical (unpaired) electrons. The molecule has 0 unspecified atom stereocenters. The number of nitrogens with zero attached hydrogens (tertiary/aromatic N) is 3. The molecule has 8 heteroatoms. The summed E-state index contributed by atoms with van der Waals surface area (Å²) >= 11 is 1.48. The topological polar surface area (TPSA) is 89.5 Å². The number of nitro benzene ring substituents is 1. The van der Waals surface area contributed by atoms with Crippen molar-refractivity contribution in [3.63, 3.8) is 0 Å². The first kappa shape index (κ1) is 21.4. The lowest BCUT2D eigenvalue weighted by molar-refractivity contribution is -0.384. The Balaban J connectivity index is 1.66. The van der Waals surface area contributed by atoms with Gasteiger partial charge >= 0.3 is 0 Å². The van der Waals surface area contributed by atoms with E-state index < -0.39 is 4.92 Å². The molecule has 0 aliphatic rings. The van der Waals surface area contributed by atoms with Crippen molar-refractivity contribution in [2.75, 3.05) is 5.32 Å². The van der Waals surface area contributed by atoms with Gasteiger partial charge in [0.25, 0.3) is 5.69 Å². The van der Waals surface area contributed by atoms with Crippen molar-refractivity contribution in [3.8, 4) is 0 Å². The molecule has 2 aromatic carbocycles. The van der Waals surface area contributed by atoms with Gasteiger partial charge in [-0.1, -0.05) is 25.5 Å². The van der Waals surface area contributed by atoms with Crippen LogP contribution in [0, 0.1) is 10.1 Å². The Kier molecular flexibility index (Phi) is 7.13. The lowest BCUT2D eigenvalue weighted by atomic mass is 10.1. The van der Waals surface area contributed by atoms with Crippen LogP contribution in [0.15, 0.2) is 58.9 Å². The second-order valence-corrected chi connectivity index (χ2v) is 7.82. The minimum atomic E-state index is -0.471. The Labute approximate surface area is 178 Å². The van der Waals surface area contributed by atoms with Gasteiger partial charge in [0.15, 0.2) is 4.80 Å². The third-order valence-corrected chi connectivity index (χ3v) is 5.67. The van der Waals surface area contributed by atoms with Crippen LogP contribution in [0.1, 0.15) is 31.0 Å². The highest BCUT2D eigenvalue weighted by Crippen LogP contribution is 2.17. The highest BCUT2D eigenvalue weighted by atomic mass is 32.1. The smallest absolute Gasteiger partial charge is 0.269 e. The number of non-ortho nitro benzene ring substituents is 1. The predicted octanol–water partition coefficient (Wildman–Crippen LogP) is 4.75. The van der Waals surface area contributed by atoms with Crippen molar-refractivity contribution in [2.24, 2.45) is 12.0 Å². The van der Waals surface area contributed by atoms with Crippen LogP contribution < -0.4 is 10.1 Å². The summed E-state index contributed by atoms with van der Waals surface area (Å²) in [6.45, 7) is 2.18. The molecule has 30 heavy (non-hydrogen) atoms. The van der Waals surface area contributed by atoms with Gasteiger partial charge in [0.2, 0.25) is 5.91 Å². The second kappa shape index (κ2) is 9.98. The van der Waals surface area contributed by atoms with Crippen molar-refractivity contribution in [1.82, 2.24) is 4.57 Å². The average Bonchev–Trinajstić information content (AvgIpc) is 3.07. The zero-order chi connectivity index (χ0) is 21.5. The number of unbranched alkanes of at least 4 members (excludes halogenated alkanes) is 1. The lowest BCUT2D eigenvalue weighted by Crippen LogP contribution is -2.19. The lowest BCUT2D eigenvalue weighted by Gasteiger charge is -2.06. The van der Waals surface area contributed by atoms with Crippen molar-refractivity contribution >= 4 is 34.3 Å². The third kappa shape index (κ3) is 5.64. The molecule has 0 aliphatic carbocycles. The number of hydrogen-bond donors (Lipinski definition) is 1. The Morgan fingerprint density at radius 1 is 1.17 bits per heavy atom. The largest absolute Gasteiger partial charge is 0.326 e. The number of hydrogen-bond acceptors (Lipinski definition) is 5. The zero-order valence-corrected chi connectivity index (χ0v) is 17.8. The molecule has 3 aromatic rings. The molecule has 0 saturated carbocycles. The summed E-state index contributed by atoms with van der Waals surface area (Å²) in [7, 11) is 1.89. The van der Waals surface area contributed by atoms with Crippen LogP contribution >= 0.6 is 11.3 Å². The summed E-state index contributed by atoms with van der Waals surface area (Å²) in [6.07, 6.45) is 3.63. The van der Waals surface area contributed by atoms with E-state index in [1.807, 2.05) is 29.1 Å². The molecule has 1 amide bonds. The van der Waals surface area contributed by atoms with E-state index in [1.165, 1.54) is 54.0 Å². The van der Waals surface area contributed by atoms with Gasteiger partial charge in [0, 0.05) is 35.9 Å². The number of rotatable bonds is 8. The summed E-state index contributed by atoms with van der Waals surface area (Å²) in [5.41, 5.74) is 3.56. The monoisotopic (exact) mass is 424 g/mol. The first-order valence-electron chi connectivity index (χ1n) is 9.77. The highest BCUT2D eigenvalue weighted by molar-refractivity contribution is 7.07. The number of amides is 1. The first-order chi connectivity index (χ1) is 14.5. The van der Waals surface area contributed by atoms with Crippen molar-refractivity contribution in [3.05, 3.63) is 80.1 Å². The van der Waals surface area contributed by atoms with Crippen molar-refractivity contribution in [1.29, 1.82) is 0 Å². The van der Waals surface area contributed by atoms with E-state index in [-0.39, 0.29) is 18.0 Å². The van der Waals surface area contributed by atoms with E-state index in [9.17, 15) is 14.9 Å². The Bertz CT molecular complexity index is 1080. The van der Waals surface area contributed by atoms with Gasteiger partial charge in [-0.15, -0.1) is 11.3 Å². The molecule has 0 saturated heterocycles. The number of nitrogens with one attached hydrogen (secondary N) is 1. The maximum Gasteiger partial charge on any atom is 0.269 e. The zero-order valence-electron chi connectivity index (χ0n) is 17.0. The van der Waals surface area contributed by atoms with Gasteiger partial charge in [-0.3, -0.25) is 14.9 Å². The summed E-state index contributed by atoms with van der Waals surface area (Å²) in [4.78, 5) is 28.1. The van der Waals surface area contributed by atoms with E-state index in [0.717, 1.165) is 22.6 Å². The number of carbonyl (C=O) groups excluding carboxylic acids is 1. The molecule has 0 bridgehead atoms. The fourth-order valence-electron chi connectivity index (χ4n) is 2.93. The van der Waals surface area contributed by atoms with Gasteiger partial charge in [-0.2, -0.15) is 0 Å². The molecule has 0 aliphatic heterocycles. The third-order valence-electron chi connectivity index (χ3n) is 4.70. The molecule has 156 valence electrons. The van der Waals surface area contributed by atoms with Crippen molar-refractivity contribution in [2.45, 2.75) is 32.6 Å². The van der Waals surface area contributed by atoms with Crippen LogP contribution in [0.2, 0.25) is 0 Å². The van der Waals surface area contributed by atoms with Gasteiger partial charge in [0.1, 0.15) is 0 Å². The predicted molar refractivity (Wildman–Crippen MR) is 119 cm³/mol. The molecule has 0 fully saturated rings. The van der Waals surface area contributed by atoms with E-state index >= 15 is 0 Å². The number of benzene rings is 2. The van der Waals surface area contributed by atoms with Crippen LogP contribution in [0.5, 0.6) is 0 Å². The molecule has 3 rings (SSSR count). The molecule has 0 atom stereocenters. The fourth-order valence-corrected chi connectivity index (χ4v) is 3.84. The SMILES string of the molecule is CCCCc1ccc(N=c2scc(CC(=O)Nc3ccc([N+](=O)[O-])cc3)n2C)cc1. The Morgan fingerprint density at radius 3 is 2.50 bits per heavy atom. The standard InChI is InChI=1S/C22H24N4O3S/c1-3-4-5-16-6-8-18(9-7-16)24-22-25(2)20(15-30-22)14-21(27)23-17-10-12-19(13-11-17)26(28)29/h6-13,15H,3-5,14H2,1-2H3,(H,23,27). The van der Waals surface area contributed by atoms with E-state index in [0.29, 0.717) is 5.69 Å².